The van der Waals surface area contributed by atoms with Gasteiger partial charge in [-0.1, -0.05) is 51.1 Å². The minimum absolute atomic E-state index is 0.0952. The topological polar surface area (TPSA) is 32.7 Å². The molecule has 156 valence electrons. The van der Waals surface area contributed by atoms with Gasteiger partial charge in [-0.25, -0.2) is 4.39 Å². The van der Waals surface area contributed by atoms with E-state index < -0.39 is 0 Å². The maximum atomic E-state index is 14.9. The van der Waals surface area contributed by atoms with Crippen molar-refractivity contribution in [2.45, 2.75) is 64.7 Å². The van der Waals surface area contributed by atoms with Crippen LogP contribution in [-0.4, -0.2) is 35.2 Å². The summed E-state index contributed by atoms with van der Waals surface area (Å²) in [5, 5.41) is 10.5. The molecule has 4 rings (SSSR count). The van der Waals surface area contributed by atoms with Gasteiger partial charge in [-0.15, -0.1) is 0 Å². The summed E-state index contributed by atoms with van der Waals surface area (Å²) < 4.78 is 21.0. The van der Waals surface area contributed by atoms with E-state index in [2.05, 4.69) is 44.7 Å². The lowest BCUT2D eigenvalue weighted by Gasteiger charge is -2.61. The fraction of sp³-hybridized carbons (Fsp3) is 0.520. The van der Waals surface area contributed by atoms with E-state index in [1.165, 1.54) is 17.7 Å². The lowest BCUT2D eigenvalue weighted by molar-refractivity contribution is -0.0663. The molecule has 3 unspecified atom stereocenters. The van der Waals surface area contributed by atoms with E-state index in [4.69, 9.17) is 4.74 Å². The van der Waals surface area contributed by atoms with E-state index in [0.717, 1.165) is 30.6 Å². The standard InChI is InChI=1S/C25H32FNO2/c1-17(29-16-18-8-6-5-7-9-18)15-27-13-12-25(4)23-19(14-22(27)24(25,2)3)21(28)11-10-20(23)26/h5-11,17,22,28H,12-16H2,1-4H3. The number of likely N-dealkylation sites (tertiary alicyclic amines) is 1. The highest BCUT2D eigenvalue weighted by atomic mass is 19.1. The molecule has 3 atom stereocenters. The molecular weight excluding hydrogens is 365 g/mol. The smallest absolute Gasteiger partial charge is 0.127 e. The van der Waals surface area contributed by atoms with Crippen LogP contribution in [0.4, 0.5) is 4.39 Å². The Hall–Kier alpha value is -1.91. The van der Waals surface area contributed by atoms with Gasteiger partial charge in [0.1, 0.15) is 11.6 Å². The molecule has 1 fully saturated rings. The van der Waals surface area contributed by atoms with Crippen molar-refractivity contribution in [3.63, 3.8) is 0 Å². The van der Waals surface area contributed by atoms with E-state index in [1.54, 1.807) is 0 Å². The van der Waals surface area contributed by atoms with Gasteiger partial charge in [0.2, 0.25) is 0 Å². The minimum Gasteiger partial charge on any atom is -0.508 e. The highest BCUT2D eigenvalue weighted by Crippen LogP contribution is 2.57. The molecule has 0 saturated carbocycles. The second-order valence-corrected chi connectivity index (χ2v) is 9.55. The van der Waals surface area contributed by atoms with Gasteiger partial charge in [-0.3, -0.25) is 4.90 Å². The quantitative estimate of drug-likeness (QED) is 0.766. The third-order valence-electron chi connectivity index (χ3n) is 7.65. The van der Waals surface area contributed by atoms with Crippen LogP contribution in [-0.2, 0) is 23.2 Å². The number of phenols is 1. The normalized spacial score (nSPS) is 26.7. The average Bonchev–Trinajstić information content (AvgIpc) is 2.68. The maximum absolute atomic E-state index is 14.9. The summed E-state index contributed by atoms with van der Waals surface area (Å²) in [5.74, 6) is 0.0446. The summed E-state index contributed by atoms with van der Waals surface area (Å²) in [7, 11) is 0. The van der Waals surface area contributed by atoms with Gasteiger partial charge in [-0.2, -0.15) is 0 Å². The predicted molar refractivity (Wildman–Crippen MR) is 114 cm³/mol. The summed E-state index contributed by atoms with van der Waals surface area (Å²) in [6, 6.07) is 13.4. The van der Waals surface area contributed by atoms with Crippen LogP contribution in [0.15, 0.2) is 42.5 Å². The van der Waals surface area contributed by atoms with Crippen molar-refractivity contribution in [3.05, 3.63) is 65.0 Å². The number of benzene rings is 2. The summed E-state index contributed by atoms with van der Waals surface area (Å²) in [6.45, 7) is 11.2. The number of rotatable bonds is 5. The lowest BCUT2D eigenvalue weighted by atomic mass is 9.50. The Morgan fingerprint density at radius 2 is 1.90 bits per heavy atom. The number of hydrogen-bond acceptors (Lipinski definition) is 3. The summed E-state index contributed by atoms with van der Waals surface area (Å²) in [6.07, 6.45) is 1.64. The van der Waals surface area contributed by atoms with Crippen LogP contribution in [0.3, 0.4) is 0 Å². The molecule has 1 aliphatic heterocycles. The van der Waals surface area contributed by atoms with Crippen molar-refractivity contribution >= 4 is 0 Å². The van der Waals surface area contributed by atoms with Crippen LogP contribution in [0.25, 0.3) is 0 Å². The Morgan fingerprint density at radius 1 is 1.17 bits per heavy atom. The maximum Gasteiger partial charge on any atom is 0.127 e. The van der Waals surface area contributed by atoms with Crippen LogP contribution in [0.1, 0.15) is 50.8 Å². The van der Waals surface area contributed by atoms with E-state index in [0.29, 0.717) is 13.0 Å². The molecular formula is C25H32FNO2. The van der Waals surface area contributed by atoms with Crippen LogP contribution < -0.4 is 0 Å². The fourth-order valence-corrected chi connectivity index (χ4v) is 5.52. The van der Waals surface area contributed by atoms with Crippen molar-refractivity contribution in [3.8, 4) is 5.75 Å². The molecule has 0 amide bonds. The molecule has 0 aromatic heterocycles. The first-order valence-electron chi connectivity index (χ1n) is 10.6. The van der Waals surface area contributed by atoms with Crippen LogP contribution >= 0.6 is 0 Å². The molecule has 0 radical (unpaired) electrons. The number of hydrogen-bond donors (Lipinski definition) is 1. The monoisotopic (exact) mass is 397 g/mol. The zero-order chi connectivity index (χ0) is 20.8. The van der Waals surface area contributed by atoms with Gasteiger partial charge >= 0.3 is 0 Å². The predicted octanol–water partition coefficient (Wildman–Crippen LogP) is 5.05. The summed E-state index contributed by atoms with van der Waals surface area (Å²) in [4.78, 5) is 2.49. The number of aromatic hydroxyl groups is 1. The summed E-state index contributed by atoms with van der Waals surface area (Å²) in [5.41, 5.74) is 2.30. The van der Waals surface area contributed by atoms with Gasteiger partial charge in [0, 0.05) is 29.1 Å². The molecule has 2 bridgehead atoms. The molecule has 1 N–H and O–H groups in total. The Labute approximate surface area is 173 Å². The molecule has 29 heavy (non-hydrogen) atoms. The van der Waals surface area contributed by atoms with Crippen LogP contribution in [0.5, 0.6) is 5.75 Å². The number of piperidine rings is 1. The lowest BCUT2D eigenvalue weighted by Crippen LogP contribution is -2.64. The molecule has 2 aromatic rings. The van der Waals surface area contributed by atoms with Crippen molar-refractivity contribution in [1.82, 2.24) is 4.90 Å². The highest BCUT2D eigenvalue weighted by Gasteiger charge is 2.57. The van der Waals surface area contributed by atoms with E-state index >= 15 is 0 Å². The summed E-state index contributed by atoms with van der Waals surface area (Å²) >= 11 is 0. The van der Waals surface area contributed by atoms with Crippen LogP contribution in [0.2, 0.25) is 0 Å². The van der Waals surface area contributed by atoms with Gasteiger partial charge in [0.25, 0.3) is 0 Å². The fourth-order valence-electron chi connectivity index (χ4n) is 5.52. The first-order chi connectivity index (χ1) is 13.7. The van der Waals surface area contributed by atoms with E-state index in [-0.39, 0.29) is 34.5 Å². The van der Waals surface area contributed by atoms with E-state index in [9.17, 15) is 9.50 Å². The van der Waals surface area contributed by atoms with E-state index in [1.807, 2.05) is 18.2 Å². The van der Waals surface area contributed by atoms with Crippen molar-refractivity contribution in [2.75, 3.05) is 13.1 Å². The number of nitrogens with zero attached hydrogens (tertiary/aromatic N) is 1. The molecule has 4 heteroatoms. The zero-order valence-corrected chi connectivity index (χ0v) is 17.9. The van der Waals surface area contributed by atoms with Crippen molar-refractivity contribution in [1.29, 1.82) is 0 Å². The van der Waals surface area contributed by atoms with Gasteiger partial charge in [-0.05, 0) is 49.4 Å². The molecule has 1 aliphatic carbocycles. The van der Waals surface area contributed by atoms with Crippen molar-refractivity contribution < 1.29 is 14.2 Å². The Bertz CT molecular complexity index is 882. The van der Waals surface area contributed by atoms with Gasteiger partial charge < -0.3 is 9.84 Å². The second kappa shape index (κ2) is 7.41. The zero-order valence-electron chi connectivity index (χ0n) is 17.9. The van der Waals surface area contributed by atoms with Gasteiger partial charge in [0.05, 0.1) is 12.7 Å². The number of halogens is 1. The first-order valence-corrected chi connectivity index (χ1v) is 10.6. The van der Waals surface area contributed by atoms with Gasteiger partial charge in [0.15, 0.2) is 0 Å². The molecule has 1 saturated heterocycles. The SMILES string of the molecule is CC(CN1CCC2(C)c3c(F)ccc(O)c3CC1C2(C)C)OCc1ccccc1. The highest BCUT2D eigenvalue weighted by molar-refractivity contribution is 5.49. The third kappa shape index (κ3) is 3.36. The van der Waals surface area contributed by atoms with Crippen molar-refractivity contribution in [2.24, 2.45) is 5.41 Å². The van der Waals surface area contributed by atoms with Crippen LogP contribution in [0, 0.1) is 11.2 Å². The third-order valence-corrected chi connectivity index (χ3v) is 7.65. The largest absolute Gasteiger partial charge is 0.508 e. The minimum atomic E-state index is -0.293. The average molecular weight is 398 g/mol. The molecule has 3 nitrogen and oxygen atoms in total. The number of fused-ring (bicyclic) bond motifs is 4. The first kappa shape index (κ1) is 20.4. The molecule has 0 spiro atoms. The Morgan fingerprint density at radius 3 is 2.62 bits per heavy atom. The number of ether oxygens (including phenoxy) is 1. The molecule has 1 heterocycles. The Balaban J connectivity index is 1.54. The second-order valence-electron chi connectivity index (χ2n) is 9.55. The Kier molecular flexibility index (Phi) is 5.20. The molecule has 2 aromatic carbocycles. The number of phenolic OH excluding ortho intramolecular Hbond substituents is 1. The molecule has 2 aliphatic rings.